The van der Waals surface area contributed by atoms with Gasteiger partial charge in [-0.05, 0) is 50.9 Å². The topological polar surface area (TPSA) is 58.0 Å². The van der Waals surface area contributed by atoms with Crippen molar-refractivity contribution in [2.45, 2.75) is 39.3 Å². The maximum absolute atomic E-state index is 6.14. The second-order valence-corrected chi connectivity index (χ2v) is 7.11. The lowest BCUT2D eigenvalue weighted by molar-refractivity contribution is 0.244. The van der Waals surface area contributed by atoms with Crippen LogP contribution < -0.4 is 0 Å². The van der Waals surface area contributed by atoms with Crippen LogP contribution in [0.15, 0.2) is 35.0 Å². The molecule has 5 nitrogen and oxygen atoms in total. The van der Waals surface area contributed by atoms with Crippen molar-refractivity contribution >= 4 is 11.6 Å². The first-order valence-corrected chi connectivity index (χ1v) is 8.96. The monoisotopic (exact) mass is 356 g/mol. The highest BCUT2D eigenvalue weighted by Crippen LogP contribution is 2.38. The molecule has 1 aliphatic heterocycles. The number of hydrogen-bond acceptors (Lipinski definition) is 4. The number of nitrogens with one attached hydrogen (secondary N) is 1. The summed E-state index contributed by atoms with van der Waals surface area (Å²) in [5.74, 6) is 0.816. The number of likely N-dealkylation sites (tertiary alicyclic amines) is 1. The zero-order valence-corrected chi connectivity index (χ0v) is 15.2. The van der Waals surface area contributed by atoms with Crippen molar-refractivity contribution in [1.82, 2.24) is 20.3 Å². The minimum absolute atomic E-state index is 0.293. The molecule has 1 fully saturated rings. The van der Waals surface area contributed by atoms with Gasteiger partial charge in [-0.2, -0.15) is 5.10 Å². The van der Waals surface area contributed by atoms with Crippen molar-refractivity contribution in [2.24, 2.45) is 0 Å². The van der Waals surface area contributed by atoms with Gasteiger partial charge in [-0.1, -0.05) is 28.9 Å². The summed E-state index contributed by atoms with van der Waals surface area (Å²) in [4.78, 5) is 2.47. The molecule has 0 unspecified atom stereocenters. The van der Waals surface area contributed by atoms with Crippen LogP contribution in [0, 0.1) is 13.8 Å². The Labute approximate surface area is 152 Å². The van der Waals surface area contributed by atoms with Crippen LogP contribution in [0.25, 0.3) is 11.3 Å². The van der Waals surface area contributed by atoms with Crippen molar-refractivity contribution in [3.8, 4) is 11.3 Å². The summed E-state index contributed by atoms with van der Waals surface area (Å²) in [7, 11) is 0. The number of aromatic nitrogens is 3. The highest BCUT2D eigenvalue weighted by atomic mass is 35.5. The molecular weight excluding hydrogens is 336 g/mol. The molecule has 3 heterocycles. The van der Waals surface area contributed by atoms with E-state index in [9.17, 15) is 0 Å². The molecule has 0 bridgehead atoms. The van der Waals surface area contributed by atoms with Gasteiger partial charge in [-0.3, -0.25) is 10.00 Å². The number of aromatic amines is 1. The molecule has 0 saturated carbocycles. The number of H-pyrrole nitrogens is 1. The molecule has 0 spiro atoms. The first-order chi connectivity index (χ1) is 12.1. The predicted octanol–water partition coefficient (Wildman–Crippen LogP) is 4.67. The van der Waals surface area contributed by atoms with Crippen LogP contribution in [0.1, 0.15) is 41.4 Å². The van der Waals surface area contributed by atoms with Gasteiger partial charge in [0.25, 0.3) is 0 Å². The molecule has 3 aromatic rings. The lowest BCUT2D eigenvalue weighted by Gasteiger charge is -2.24. The number of hydrogen-bond donors (Lipinski definition) is 1. The van der Waals surface area contributed by atoms with Crippen LogP contribution in [0.4, 0.5) is 0 Å². The highest BCUT2D eigenvalue weighted by molar-refractivity contribution is 6.30. The summed E-state index contributed by atoms with van der Waals surface area (Å²) in [5.41, 5.74) is 5.35. The largest absolute Gasteiger partial charge is 0.356 e. The number of benzene rings is 1. The Balaban J connectivity index is 1.63. The van der Waals surface area contributed by atoms with Gasteiger partial charge >= 0.3 is 0 Å². The molecular formula is C19H21ClN4O. The van der Waals surface area contributed by atoms with E-state index in [-0.39, 0.29) is 0 Å². The standard InChI is InChI=1S/C19H21ClN4O/c1-12-13(2)23-25-19(12)16-10-21-22-18(16)17-7-4-8-24(17)11-14-5-3-6-15(20)9-14/h3,5-6,9-10,17H,4,7-8,11H2,1-2H3,(H,21,22)/t17-/m1/s1. The number of aryl methyl sites for hydroxylation is 1. The summed E-state index contributed by atoms with van der Waals surface area (Å²) in [6, 6.07) is 8.37. The van der Waals surface area contributed by atoms with Crippen LogP contribution in [0.5, 0.6) is 0 Å². The molecule has 0 amide bonds. The molecule has 1 N–H and O–H groups in total. The molecule has 6 heteroatoms. The number of rotatable bonds is 4. The van der Waals surface area contributed by atoms with Crippen molar-refractivity contribution in [1.29, 1.82) is 0 Å². The van der Waals surface area contributed by atoms with Gasteiger partial charge in [0.1, 0.15) is 0 Å². The van der Waals surface area contributed by atoms with Crippen molar-refractivity contribution in [2.75, 3.05) is 6.54 Å². The lowest BCUT2D eigenvalue weighted by Crippen LogP contribution is -2.23. The third-order valence-corrected chi connectivity index (χ3v) is 5.28. The van der Waals surface area contributed by atoms with Crippen molar-refractivity contribution in [3.63, 3.8) is 0 Å². The molecule has 1 aromatic carbocycles. The second kappa shape index (κ2) is 6.65. The number of nitrogens with zero attached hydrogens (tertiary/aromatic N) is 3. The minimum Gasteiger partial charge on any atom is -0.356 e. The van der Waals surface area contributed by atoms with E-state index in [2.05, 4.69) is 26.3 Å². The van der Waals surface area contributed by atoms with Gasteiger partial charge in [0, 0.05) is 17.1 Å². The van der Waals surface area contributed by atoms with E-state index >= 15 is 0 Å². The van der Waals surface area contributed by atoms with E-state index in [1.165, 1.54) is 5.56 Å². The maximum atomic E-state index is 6.14. The van der Waals surface area contributed by atoms with Gasteiger partial charge in [0.15, 0.2) is 5.76 Å². The van der Waals surface area contributed by atoms with E-state index in [1.54, 1.807) is 0 Å². The van der Waals surface area contributed by atoms with Crippen molar-refractivity contribution < 1.29 is 4.52 Å². The maximum Gasteiger partial charge on any atom is 0.173 e. The third-order valence-electron chi connectivity index (χ3n) is 5.04. The van der Waals surface area contributed by atoms with E-state index in [1.807, 2.05) is 38.2 Å². The minimum atomic E-state index is 0.293. The normalized spacial score (nSPS) is 18.1. The zero-order valence-electron chi connectivity index (χ0n) is 14.4. The lowest BCUT2D eigenvalue weighted by atomic mass is 10.0. The van der Waals surface area contributed by atoms with Crippen LogP contribution in [-0.4, -0.2) is 26.8 Å². The molecule has 0 aliphatic carbocycles. The van der Waals surface area contributed by atoms with Gasteiger partial charge in [-0.25, -0.2) is 0 Å². The summed E-state index contributed by atoms with van der Waals surface area (Å²) in [5, 5.41) is 12.4. The zero-order chi connectivity index (χ0) is 17.4. The first-order valence-electron chi connectivity index (χ1n) is 8.58. The second-order valence-electron chi connectivity index (χ2n) is 6.68. The summed E-state index contributed by atoms with van der Waals surface area (Å²) < 4.78 is 5.56. The first kappa shape index (κ1) is 16.4. The van der Waals surface area contributed by atoms with E-state index in [0.717, 1.165) is 59.2 Å². The molecule has 4 rings (SSSR count). The molecule has 130 valence electrons. The summed E-state index contributed by atoms with van der Waals surface area (Å²) in [6.07, 6.45) is 4.11. The van der Waals surface area contributed by atoms with Crippen LogP contribution in [-0.2, 0) is 6.54 Å². The molecule has 2 aromatic heterocycles. The molecule has 0 radical (unpaired) electrons. The fourth-order valence-electron chi connectivity index (χ4n) is 3.61. The van der Waals surface area contributed by atoms with Gasteiger partial charge < -0.3 is 4.52 Å². The van der Waals surface area contributed by atoms with Gasteiger partial charge in [0.05, 0.1) is 29.2 Å². The predicted molar refractivity (Wildman–Crippen MR) is 97.4 cm³/mol. The Morgan fingerprint density at radius 3 is 3.00 bits per heavy atom. The Bertz CT molecular complexity index is 885. The fraction of sp³-hybridized carbons (Fsp3) is 0.368. The third kappa shape index (κ3) is 3.10. The Hall–Kier alpha value is -2.11. The van der Waals surface area contributed by atoms with E-state index in [0.29, 0.717) is 6.04 Å². The van der Waals surface area contributed by atoms with Crippen molar-refractivity contribution in [3.05, 3.63) is 58.0 Å². The Morgan fingerprint density at radius 2 is 2.24 bits per heavy atom. The van der Waals surface area contributed by atoms with Gasteiger partial charge in [0.2, 0.25) is 0 Å². The Morgan fingerprint density at radius 1 is 1.36 bits per heavy atom. The summed E-state index contributed by atoms with van der Waals surface area (Å²) in [6.45, 7) is 5.93. The van der Waals surface area contributed by atoms with Crippen LogP contribution in [0.3, 0.4) is 0 Å². The van der Waals surface area contributed by atoms with E-state index < -0.39 is 0 Å². The molecule has 1 aliphatic rings. The highest BCUT2D eigenvalue weighted by Gasteiger charge is 2.31. The van der Waals surface area contributed by atoms with Crippen LogP contribution >= 0.6 is 11.6 Å². The molecule has 1 atom stereocenters. The van der Waals surface area contributed by atoms with Gasteiger partial charge in [-0.15, -0.1) is 0 Å². The average molecular weight is 357 g/mol. The summed E-state index contributed by atoms with van der Waals surface area (Å²) >= 11 is 6.14. The number of halogens is 1. The Kier molecular flexibility index (Phi) is 4.36. The smallest absolute Gasteiger partial charge is 0.173 e. The fourth-order valence-corrected chi connectivity index (χ4v) is 3.82. The SMILES string of the molecule is Cc1noc(-c2cn[nH]c2[C@H]2CCCN2Cc2cccc(Cl)c2)c1C. The van der Waals surface area contributed by atoms with E-state index in [4.69, 9.17) is 16.1 Å². The van der Waals surface area contributed by atoms with Crippen LogP contribution in [0.2, 0.25) is 5.02 Å². The molecule has 1 saturated heterocycles. The average Bonchev–Trinajstić information content (AvgIpc) is 3.29. The molecule has 25 heavy (non-hydrogen) atoms. The quantitative estimate of drug-likeness (QED) is 0.737.